The third kappa shape index (κ3) is 2.47. The van der Waals surface area contributed by atoms with Crippen molar-refractivity contribution >= 4 is 15.9 Å². The summed E-state index contributed by atoms with van der Waals surface area (Å²) in [6.07, 6.45) is 3.03. The van der Waals surface area contributed by atoms with Crippen LogP contribution in [-0.2, 0) is 18.9 Å². The molecule has 0 aromatic heterocycles. The van der Waals surface area contributed by atoms with Crippen LogP contribution in [0.25, 0.3) is 0 Å². The lowest BCUT2D eigenvalue weighted by Crippen LogP contribution is -2.57. The summed E-state index contributed by atoms with van der Waals surface area (Å²) >= 11 is 3.36. The third-order valence-corrected chi connectivity index (χ3v) is 4.96. The lowest BCUT2D eigenvalue weighted by molar-refractivity contribution is -0.263. The number of alkyl halides is 1. The molecule has 1 spiro atoms. The van der Waals surface area contributed by atoms with E-state index in [2.05, 4.69) is 15.9 Å². The van der Waals surface area contributed by atoms with E-state index in [1.165, 1.54) is 6.42 Å². The number of fused-ring (bicyclic) bond motifs is 1. The Morgan fingerprint density at radius 2 is 1.89 bits per heavy atom. The van der Waals surface area contributed by atoms with Gasteiger partial charge < -0.3 is 24.1 Å². The molecule has 1 N–H and O–H groups in total. The highest BCUT2D eigenvalue weighted by molar-refractivity contribution is 9.09. The van der Waals surface area contributed by atoms with Gasteiger partial charge in [-0.05, 0) is 12.8 Å². The molecule has 0 amide bonds. The molecule has 19 heavy (non-hydrogen) atoms. The lowest BCUT2D eigenvalue weighted by Gasteiger charge is -2.38. The minimum Gasteiger partial charge on any atom is -0.388 e. The minimum absolute atomic E-state index is 0.325. The van der Waals surface area contributed by atoms with Gasteiger partial charge in [0.2, 0.25) is 0 Å². The summed E-state index contributed by atoms with van der Waals surface area (Å²) in [5, 5.41) is 10.9. The molecular formula is C13H21BrO5. The largest absolute Gasteiger partial charge is 0.388 e. The molecule has 0 aromatic carbocycles. The standard InChI is InChI=1S/C13H21BrO5/c1-16-12-11-10(9(15)8(7-14)17-12)18-13(19-11)5-3-2-4-6-13/h8-12,15H,2-7H2,1H3/t8-,9-,10+,11-,12+/m1/s1. The molecule has 1 saturated carbocycles. The number of methoxy groups -OCH3 is 1. The Kier molecular flexibility index (Phi) is 4.18. The molecule has 5 nitrogen and oxygen atoms in total. The van der Waals surface area contributed by atoms with E-state index in [1.54, 1.807) is 7.11 Å². The maximum absolute atomic E-state index is 10.4. The van der Waals surface area contributed by atoms with E-state index < -0.39 is 18.2 Å². The topological polar surface area (TPSA) is 57.2 Å². The first-order valence-electron chi connectivity index (χ1n) is 6.97. The Balaban J connectivity index is 1.79. The van der Waals surface area contributed by atoms with Crippen molar-refractivity contribution in [3.8, 4) is 0 Å². The zero-order valence-electron chi connectivity index (χ0n) is 11.1. The fourth-order valence-electron chi connectivity index (χ4n) is 3.32. The van der Waals surface area contributed by atoms with E-state index in [9.17, 15) is 5.11 Å². The zero-order chi connectivity index (χ0) is 13.5. The Bertz CT molecular complexity index is 320. The summed E-state index contributed by atoms with van der Waals surface area (Å²) in [6.45, 7) is 0. The van der Waals surface area contributed by atoms with Crippen LogP contribution in [0.1, 0.15) is 32.1 Å². The van der Waals surface area contributed by atoms with Crippen molar-refractivity contribution in [3.63, 3.8) is 0 Å². The van der Waals surface area contributed by atoms with Gasteiger partial charge in [0, 0.05) is 25.3 Å². The van der Waals surface area contributed by atoms with Crippen LogP contribution in [0.5, 0.6) is 0 Å². The van der Waals surface area contributed by atoms with Crippen molar-refractivity contribution < 1.29 is 24.1 Å². The molecule has 2 heterocycles. The number of rotatable bonds is 2. The number of halogens is 1. The predicted molar refractivity (Wildman–Crippen MR) is 71.0 cm³/mol. The van der Waals surface area contributed by atoms with Gasteiger partial charge in [0.1, 0.15) is 18.3 Å². The maximum Gasteiger partial charge on any atom is 0.186 e. The predicted octanol–water partition coefficient (Wildman–Crippen LogP) is 1.56. The minimum atomic E-state index is -0.683. The molecule has 0 bridgehead atoms. The van der Waals surface area contributed by atoms with Crippen LogP contribution in [0.3, 0.4) is 0 Å². The molecule has 6 heteroatoms. The van der Waals surface area contributed by atoms with Gasteiger partial charge in [0.25, 0.3) is 0 Å². The zero-order valence-corrected chi connectivity index (χ0v) is 12.7. The van der Waals surface area contributed by atoms with Crippen molar-refractivity contribution in [2.45, 2.75) is 68.6 Å². The van der Waals surface area contributed by atoms with Gasteiger partial charge >= 0.3 is 0 Å². The fourth-order valence-corrected chi connectivity index (χ4v) is 3.85. The molecule has 1 aliphatic carbocycles. The second-order valence-corrected chi connectivity index (χ2v) is 6.21. The Morgan fingerprint density at radius 3 is 2.53 bits per heavy atom. The average molecular weight is 337 g/mol. The van der Waals surface area contributed by atoms with Crippen LogP contribution in [0, 0.1) is 0 Å². The molecule has 110 valence electrons. The SMILES string of the molecule is CO[C@H]1O[C@H](CBr)[C@@H](O)[C@@H]2OC3(CCCCC3)O[C@@H]12. The van der Waals surface area contributed by atoms with Crippen molar-refractivity contribution in [1.82, 2.24) is 0 Å². The van der Waals surface area contributed by atoms with Crippen molar-refractivity contribution in [3.05, 3.63) is 0 Å². The second kappa shape index (κ2) is 5.58. The first-order valence-corrected chi connectivity index (χ1v) is 8.09. The molecular weight excluding hydrogens is 316 g/mol. The van der Waals surface area contributed by atoms with Crippen LogP contribution in [-0.4, -0.2) is 54.0 Å². The maximum atomic E-state index is 10.4. The first-order chi connectivity index (χ1) is 9.19. The van der Waals surface area contributed by atoms with Gasteiger partial charge in [-0.2, -0.15) is 0 Å². The molecule has 0 aromatic rings. The summed E-state index contributed by atoms with van der Waals surface area (Å²) in [7, 11) is 1.60. The highest BCUT2D eigenvalue weighted by atomic mass is 79.9. The van der Waals surface area contributed by atoms with Gasteiger partial charge in [0.15, 0.2) is 12.1 Å². The normalized spacial score (nSPS) is 45.3. The highest BCUT2D eigenvalue weighted by Gasteiger charge is 2.57. The van der Waals surface area contributed by atoms with Crippen molar-refractivity contribution in [2.24, 2.45) is 0 Å². The third-order valence-electron chi connectivity index (χ3n) is 4.32. The quantitative estimate of drug-likeness (QED) is 0.775. The molecule has 3 aliphatic rings. The van der Waals surface area contributed by atoms with E-state index in [1.807, 2.05) is 0 Å². The Labute approximate surface area is 121 Å². The van der Waals surface area contributed by atoms with E-state index in [-0.39, 0.29) is 18.3 Å². The summed E-state index contributed by atoms with van der Waals surface area (Å²) in [5.74, 6) is -0.532. The summed E-state index contributed by atoms with van der Waals surface area (Å²) in [5.41, 5.74) is 0. The van der Waals surface area contributed by atoms with Crippen molar-refractivity contribution in [1.29, 1.82) is 0 Å². The number of hydrogen-bond donors (Lipinski definition) is 1. The van der Waals surface area contributed by atoms with Crippen LogP contribution >= 0.6 is 15.9 Å². The summed E-state index contributed by atoms with van der Waals surface area (Å²) < 4.78 is 23.3. The highest BCUT2D eigenvalue weighted by Crippen LogP contribution is 2.45. The lowest BCUT2D eigenvalue weighted by atomic mass is 9.94. The molecule has 0 radical (unpaired) electrons. The molecule has 3 rings (SSSR count). The first kappa shape index (κ1) is 14.2. The Morgan fingerprint density at radius 1 is 1.21 bits per heavy atom. The number of aliphatic hydroxyl groups excluding tert-OH is 1. The van der Waals surface area contributed by atoms with E-state index in [4.69, 9.17) is 18.9 Å². The smallest absolute Gasteiger partial charge is 0.186 e. The van der Waals surface area contributed by atoms with E-state index >= 15 is 0 Å². The van der Waals surface area contributed by atoms with Gasteiger partial charge in [-0.1, -0.05) is 22.4 Å². The number of hydrogen-bond acceptors (Lipinski definition) is 5. The van der Waals surface area contributed by atoms with Gasteiger partial charge in [0.05, 0.1) is 6.10 Å². The van der Waals surface area contributed by atoms with Gasteiger partial charge in [-0.15, -0.1) is 0 Å². The number of aliphatic hydroxyl groups is 1. The molecule has 2 saturated heterocycles. The van der Waals surface area contributed by atoms with E-state index in [0.29, 0.717) is 5.33 Å². The summed E-state index contributed by atoms with van der Waals surface area (Å²) in [6, 6.07) is 0. The number of ether oxygens (including phenoxy) is 4. The fraction of sp³-hybridized carbons (Fsp3) is 1.00. The van der Waals surface area contributed by atoms with E-state index in [0.717, 1.165) is 25.7 Å². The van der Waals surface area contributed by atoms with Crippen LogP contribution in [0.2, 0.25) is 0 Å². The van der Waals surface area contributed by atoms with Crippen LogP contribution in [0.4, 0.5) is 0 Å². The Hall–Kier alpha value is 0.280. The van der Waals surface area contributed by atoms with Gasteiger partial charge in [-0.3, -0.25) is 0 Å². The second-order valence-electron chi connectivity index (χ2n) is 5.56. The van der Waals surface area contributed by atoms with Crippen LogP contribution in [0.15, 0.2) is 0 Å². The molecule has 3 fully saturated rings. The molecule has 0 unspecified atom stereocenters. The van der Waals surface area contributed by atoms with Gasteiger partial charge in [-0.25, -0.2) is 0 Å². The molecule has 5 atom stereocenters. The molecule has 2 aliphatic heterocycles. The van der Waals surface area contributed by atoms with Crippen molar-refractivity contribution in [2.75, 3.05) is 12.4 Å². The summed E-state index contributed by atoms with van der Waals surface area (Å²) in [4.78, 5) is 0. The average Bonchev–Trinajstić information content (AvgIpc) is 2.80. The monoisotopic (exact) mass is 336 g/mol. The van der Waals surface area contributed by atoms with Crippen LogP contribution < -0.4 is 0 Å².